The maximum absolute atomic E-state index is 13.1. The molecular formula is C21H18FN5O2S. The Kier molecular flexibility index (Phi) is 5.62. The van der Waals surface area contributed by atoms with Crippen LogP contribution in [0.25, 0.3) is 11.3 Å². The smallest absolute Gasteiger partial charge is 0.300 e. The molecule has 1 N–H and O–H groups in total. The number of hydrogen-bond donors (Lipinski definition) is 1. The zero-order valence-corrected chi connectivity index (χ0v) is 16.9. The van der Waals surface area contributed by atoms with E-state index in [9.17, 15) is 14.0 Å². The minimum Gasteiger partial charge on any atom is -0.325 e. The molecule has 2 aromatic heterocycles. The topological polar surface area (TPSA) is 81.3 Å². The molecule has 0 aliphatic carbocycles. The van der Waals surface area contributed by atoms with Crippen molar-refractivity contribution in [2.75, 3.05) is 11.1 Å². The highest BCUT2D eigenvalue weighted by atomic mass is 32.2. The van der Waals surface area contributed by atoms with Crippen molar-refractivity contribution >= 4 is 29.0 Å². The number of hydrogen-bond acceptors (Lipinski definition) is 5. The van der Waals surface area contributed by atoms with Crippen LogP contribution >= 0.6 is 11.8 Å². The van der Waals surface area contributed by atoms with Gasteiger partial charge in [-0.05, 0) is 48.4 Å². The van der Waals surface area contributed by atoms with Gasteiger partial charge in [0.2, 0.25) is 11.6 Å². The lowest BCUT2D eigenvalue weighted by Gasteiger charge is -2.07. The molecule has 0 spiro atoms. The van der Waals surface area contributed by atoms with E-state index < -0.39 is 0 Å². The number of anilines is 1. The zero-order chi connectivity index (χ0) is 21.1. The summed E-state index contributed by atoms with van der Waals surface area (Å²) in [6.07, 6.45) is 4.09. The van der Waals surface area contributed by atoms with E-state index in [4.69, 9.17) is 0 Å². The van der Waals surface area contributed by atoms with Crippen LogP contribution in [0.3, 0.4) is 0 Å². The van der Waals surface area contributed by atoms with Crippen LogP contribution in [-0.2, 0) is 11.2 Å². The van der Waals surface area contributed by atoms with Crippen LogP contribution in [0, 0.1) is 5.82 Å². The maximum Gasteiger partial charge on any atom is 0.300 e. The van der Waals surface area contributed by atoms with E-state index in [-0.39, 0.29) is 28.7 Å². The van der Waals surface area contributed by atoms with Gasteiger partial charge in [-0.25, -0.2) is 4.39 Å². The lowest BCUT2D eigenvalue weighted by atomic mass is 10.1. The summed E-state index contributed by atoms with van der Waals surface area (Å²) in [5.74, 6) is -0.434. The van der Waals surface area contributed by atoms with Crippen LogP contribution < -0.4 is 10.9 Å². The van der Waals surface area contributed by atoms with E-state index in [1.165, 1.54) is 45.0 Å². The highest BCUT2D eigenvalue weighted by Gasteiger charge is 2.14. The fraction of sp³-hybridized carbons (Fsp3) is 0.143. The number of rotatable bonds is 6. The predicted octanol–water partition coefficient (Wildman–Crippen LogP) is 3.31. The minimum atomic E-state index is -0.385. The summed E-state index contributed by atoms with van der Waals surface area (Å²) in [6.45, 7) is 2.05. The summed E-state index contributed by atoms with van der Waals surface area (Å²) in [5, 5.41) is 11.3. The lowest BCUT2D eigenvalue weighted by molar-refractivity contribution is -0.113. The van der Waals surface area contributed by atoms with Crippen molar-refractivity contribution in [1.29, 1.82) is 0 Å². The van der Waals surface area contributed by atoms with E-state index >= 15 is 0 Å². The number of benzene rings is 2. The van der Waals surface area contributed by atoms with Crippen molar-refractivity contribution in [3.63, 3.8) is 0 Å². The number of halogens is 1. The van der Waals surface area contributed by atoms with E-state index in [1.54, 1.807) is 12.4 Å². The van der Waals surface area contributed by atoms with Gasteiger partial charge in [0.05, 0.1) is 5.75 Å². The fourth-order valence-electron chi connectivity index (χ4n) is 2.97. The molecule has 0 saturated carbocycles. The van der Waals surface area contributed by atoms with Crippen molar-refractivity contribution < 1.29 is 9.18 Å². The third-order valence-electron chi connectivity index (χ3n) is 4.50. The van der Waals surface area contributed by atoms with Crippen LogP contribution in [0.2, 0.25) is 0 Å². The highest BCUT2D eigenvalue weighted by Crippen LogP contribution is 2.17. The third kappa shape index (κ3) is 4.11. The Balaban J connectivity index is 1.50. The molecule has 0 radical (unpaired) electrons. The number of nitrogens with zero attached hydrogens (tertiary/aromatic N) is 4. The fourth-order valence-corrected chi connectivity index (χ4v) is 3.68. The average Bonchev–Trinajstić information content (AvgIpc) is 3.17. The first-order chi connectivity index (χ1) is 14.5. The largest absolute Gasteiger partial charge is 0.325 e. The normalized spacial score (nSPS) is 11.0. The summed E-state index contributed by atoms with van der Waals surface area (Å²) < 4.78 is 16.0. The van der Waals surface area contributed by atoms with Gasteiger partial charge in [0.1, 0.15) is 5.82 Å². The molecule has 0 atom stereocenters. The third-order valence-corrected chi connectivity index (χ3v) is 5.44. The molecule has 9 heteroatoms. The van der Waals surface area contributed by atoms with Crippen molar-refractivity contribution in [1.82, 2.24) is 19.2 Å². The van der Waals surface area contributed by atoms with E-state index in [1.807, 2.05) is 24.3 Å². The first kappa shape index (κ1) is 19.8. The van der Waals surface area contributed by atoms with E-state index in [2.05, 4.69) is 22.4 Å². The van der Waals surface area contributed by atoms with Gasteiger partial charge < -0.3 is 5.32 Å². The van der Waals surface area contributed by atoms with E-state index in [0.717, 1.165) is 17.7 Å². The van der Waals surface area contributed by atoms with Crippen molar-refractivity contribution in [2.24, 2.45) is 0 Å². The molecule has 0 fully saturated rings. The second kappa shape index (κ2) is 8.50. The van der Waals surface area contributed by atoms with Crippen molar-refractivity contribution in [3.8, 4) is 5.69 Å². The first-order valence-corrected chi connectivity index (χ1v) is 10.3. The van der Waals surface area contributed by atoms with Gasteiger partial charge in [-0.15, -0.1) is 10.2 Å². The Morgan fingerprint density at radius 2 is 1.93 bits per heavy atom. The predicted molar refractivity (Wildman–Crippen MR) is 114 cm³/mol. The van der Waals surface area contributed by atoms with Crippen LogP contribution in [0.1, 0.15) is 12.5 Å². The first-order valence-electron chi connectivity index (χ1n) is 9.29. The van der Waals surface area contributed by atoms with Crippen LogP contribution in [0.5, 0.6) is 0 Å². The number of aryl methyl sites for hydroxylation is 1. The molecule has 30 heavy (non-hydrogen) atoms. The number of nitrogens with one attached hydrogen (secondary N) is 1. The lowest BCUT2D eigenvalue weighted by Crippen LogP contribution is -2.20. The summed E-state index contributed by atoms with van der Waals surface area (Å²) in [4.78, 5) is 25.0. The molecule has 2 aromatic carbocycles. The Morgan fingerprint density at radius 3 is 2.70 bits per heavy atom. The Labute approximate surface area is 175 Å². The van der Waals surface area contributed by atoms with Gasteiger partial charge in [-0.2, -0.15) is 0 Å². The number of fused-ring (bicyclic) bond motifs is 1. The molecule has 4 aromatic rings. The monoisotopic (exact) mass is 423 g/mol. The molecule has 0 saturated heterocycles. The van der Waals surface area contributed by atoms with Crippen molar-refractivity contribution in [2.45, 2.75) is 18.5 Å². The molecule has 0 aliphatic rings. The molecule has 0 unspecified atom stereocenters. The highest BCUT2D eigenvalue weighted by molar-refractivity contribution is 7.99. The van der Waals surface area contributed by atoms with Gasteiger partial charge in [-0.1, -0.05) is 30.8 Å². The van der Waals surface area contributed by atoms with E-state index in [0.29, 0.717) is 10.8 Å². The van der Waals surface area contributed by atoms with Crippen LogP contribution in [0.15, 0.2) is 70.9 Å². The molecule has 4 rings (SSSR count). The molecule has 1 amide bonds. The summed E-state index contributed by atoms with van der Waals surface area (Å²) in [6, 6.07) is 13.3. The van der Waals surface area contributed by atoms with Gasteiger partial charge in [0, 0.05) is 23.8 Å². The Bertz CT molecular complexity index is 1270. The number of amides is 1. The number of carbonyl (C=O) groups excluding carboxylic acids is 1. The maximum atomic E-state index is 13.1. The standard InChI is InChI=1S/C21H18FN5O2S/c1-2-14-4-3-5-16(12-14)23-18(28)13-30-21-25-24-19-20(29)26(10-11-27(19)21)17-8-6-15(22)7-9-17/h3-12H,2,13H2,1H3,(H,23,28). The molecule has 2 heterocycles. The van der Waals surface area contributed by atoms with Gasteiger partial charge in [0.25, 0.3) is 0 Å². The van der Waals surface area contributed by atoms with Crippen molar-refractivity contribution in [3.05, 3.63) is 82.7 Å². The molecular weight excluding hydrogens is 405 g/mol. The summed E-state index contributed by atoms with van der Waals surface area (Å²) >= 11 is 1.19. The van der Waals surface area contributed by atoms with Crippen LogP contribution in [0.4, 0.5) is 10.1 Å². The zero-order valence-electron chi connectivity index (χ0n) is 16.1. The second-order valence-electron chi connectivity index (χ2n) is 6.52. The summed E-state index contributed by atoms with van der Waals surface area (Å²) in [7, 11) is 0. The van der Waals surface area contributed by atoms with Gasteiger partial charge in [-0.3, -0.25) is 18.6 Å². The quantitative estimate of drug-likeness (QED) is 0.481. The number of carbonyl (C=O) groups is 1. The molecule has 152 valence electrons. The second-order valence-corrected chi connectivity index (χ2v) is 7.46. The average molecular weight is 423 g/mol. The minimum absolute atomic E-state index is 0.123. The number of aromatic nitrogens is 4. The molecule has 0 bridgehead atoms. The number of thioether (sulfide) groups is 1. The molecule has 7 nitrogen and oxygen atoms in total. The van der Waals surface area contributed by atoms with Gasteiger partial charge in [0.15, 0.2) is 5.16 Å². The molecule has 0 aliphatic heterocycles. The Hall–Kier alpha value is -3.46. The SMILES string of the molecule is CCc1cccc(NC(=O)CSc2nnc3c(=O)n(-c4ccc(F)cc4)ccn23)c1. The van der Waals surface area contributed by atoms with Gasteiger partial charge >= 0.3 is 5.56 Å². The van der Waals surface area contributed by atoms with Crippen LogP contribution in [-0.4, -0.2) is 30.8 Å². The summed E-state index contributed by atoms with van der Waals surface area (Å²) in [5.41, 5.74) is 2.15. The Morgan fingerprint density at radius 1 is 1.13 bits per heavy atom.